The van der Waals surface area contributed by atoms with Crippen LogP contribution in [-0.4, -0.2) is 55.6 Å². The molecule has 0 bridgehead atoms. The van der Waals surface area contributed by atoms with Gasteiger partial charge in [0, 0.05) is 35.2 Å². The van der Waals surface area contributed by atoms with Gasteiger partial charge in [-0.1, -0.05) is 47.8 Å². The molecule has 0 unspecified atom stereocenters. The van der Waals surface area contributed by atoms with Gasteiger partial charge in [-0.15, -0.1) is 0 Å². The summed E-state index contributed by atoms with van der Waals surface area (Å²) in [5.41, 5.74) is 0.577. The Morgan fingerprint density at radius 3 is 2.21 bits per heavy atom. The average Bonchev–Trinajstić information content (AvgIpc) is 2.76. The number of carbonyl (C=O) groups is 2. The van der Waals surface area contributed by atoms with Gasteiger partial charge in [-0.05, 0) is 55.3 Å². The molecule has 0 heterocycles. The molecule has 2 aromatic carbocycles. The van der Waals surface area contributed by atoms with Crippen molar-refractivity contribution in [1.82, 2.24) is 14.5 Å². The van der Waals surface area contributed by atoms with E-state index in [0.717, 1.165) is 10.7 Å². The van der Waals surface area contributed by atoms with E-state index in [1.54, 1.807) is 25.1 Å². The number of amides is 2. The number of halogens is 3. The van der Waals surface area contributed by atoms with Crippen LogP contribution in [0, 0.1) is 0 Å². The van der Waals surface area contributed by atoms with Crippen molar-refractivity contribution in [2.24, 2.45) is 0 Å². The normalized spacial score (nSPS) is 12.5. The Kier molecular flexibility index (Phi) is 10.00. The number of hydrogen-bond donors (Lipinski definition) is 1. The van der Waals surface area contributed by atoms with E-state index in [0.29, 0.717) is 27.2 Å². The van der Waals surface area contributed by atoms with Gasteiger partial charge in [-0.2, -0.15) is 4.31 Å². The zero-order valence-corrected chi connectivity index (χ0v) is 21.6. The van der Waals surface area contributed by atoms with Gasteiger partial charge in [0.25, 0.3) is 0 Å². The summed E-state index contributed by atoms with van der Waals surface area (Å²) >= 11 is 18.1. The standard InChI is InChI=1S/C22H26Cl3N3O4S/c1-4-11-26-22(30)15(2)28(13-16-5-6-18(24)12-20(16)25)21(29)14-27(3)33(31,32)19-9-7-17(23)8-10-19/h5-10,12,15H,4,11,13-14H2,1-3H3,(H,26,30)/t15-/m1/s1. The van der Waals surface area contributed by atoms with E-state index in [1.165, 1.54) is 36.2 Å². The fourth-order valence-electron chi connectivity index (χ4n) is 2.96. The van der Waals surface area contributed by atoms with Gasteiger partial charge in [-0.25, -0.2) is 8.42 Å². The molecule has 0 radical (unpaired) electrons. The summed E-state index contributed by atoms with van der Waals surface area (Å²) in [6, 6.07) is 9.62. The summed E-state index contributed by atoms with van der Waals surface area (Å²) < 4.78 is 26.7. The van der Waals surface area contributed by atoms with Crippen LogP contribution in [-0.2, 0) is 26.2 Å². The van der Waals surface area contributed by atoms with Crippen molar-refractivity contribution in [2.45, 2.75) is 37.8 Å². The third-order valence-electron chi connectivity index (χ3n) is 4.95. The molecule has 0 aromatic heterocycles. The zero-order valence-electron chi connectivity index (χ0n) is 18.5. The lowest BCUT2D eigenvalue weighted by molar-refractivity contribution is -0.140. The molecule has 0 fully saturated rings. The molecule has 0 aliphatic rings. The van der Waals surface area contributed by atoms with Crippen molar-refractivity contribution in [1.29, 1.82) is 0 Å². The molecule has 33 heavy (non-hydrogen) atoms. The monoisotopic (exact) mass is 533 g/mol. The van der Waals surface area contributed by atoms with E-state index >= 15 is 0 Å². The number of hydrogen-bond acceptors (Lipinski definition) is 4. The summed E-state index contributed by atoms with van der Waals surface area (Å²) in [7, 11) is -2.65. The fraction of sp³-hybridized carbons (Fsp3) is 0.364. The van der Waals surface area contributed by atoms with Crippen LogP contribution in [0.15, 0.2) is 47.4 Å². The Morgan fingerprint density at radius 2 is 1.64 bits per heavy atom. The highest BCUT2D eigenvalue weighted by atomic mass is 35.5. The van der Waals surface area contributed by atoms with Crippen LogP contribution in [0.5, 0.6) is 0 Å². The number of sulfonamides is 1. The summed E-state index contributed by atoms with van der Waals surface area (Å²) in [5, 5.41) is 3.93. The zero-order chi connectivity index (χ0) is 24.8. The van der Waals surface area contributed by atoms with Gasteiger partial charge in [-0.3, -0.25) is 9.59 Å². The first-order chi connectivity index (χ1) is 15.5. The molecule has 1 atom stereocenters. The smallest absolute Gasteiger partial charge is 0.243 e. The lowest BCUT2D eigenvalue weighted by Gasteiger charge is -2.30. The predicted octanol–water partition coefficient (Wildman–Crippen LogP) is 4.21. The van der Waals surface area contributed by atoms with E-state index in [1.807, 2.05) is 6.92 Å². The highest BCUT2D eigenvalue weighted by Crippen LogP contribution is 2.24. The second kappa shape index (κ2) is 12.0. The lowest BCUT2D eigenvalue weighted by Crippen LogP contribution is -2.50. The second-order valence-electron chi connectivity index (χ2n) is 7.44. The van der Waals surface area contributed by atoms with E-state index in [-0.39, 0.29) is 17.3 Å². The molecule has 1 N–H and O–H groups in total. The second-order valence-corrected chi connectivity index (χ2v) is 10.8. The van der Waals surface area contributed by atoms with Crippen molar-refractivity contribution < 1.29 is 18.0 Å². The third-order valence-corrected chi connectivity index (χ3v) is 7.61. The largest absolute Gasteiger partial charge is 0.354 e. The number of rotatable bonds is 10. The van der Waals surface area contributed by atoms with Crippen molar-refractivity contribution in [3.8, 4) is 0 Å². The predicted molar refractivity (Wildman–Crippen MR) is 131 cm³/mol. The van der Waals surface area contributed by atoms with Gasteiger partial charge in [0.15, 0.2) is 0 Å². The van der Waals surface area contributed by atoms with Crippen LogP contribution < -0.4 is 5.32 Å². The van der Waals surface area contributed by atoms with Crippen molar-refractivity contribution in [3.63, 3.8) is 0 Å². The molecule has 0 aliphatic heterocycles. The molecule has 180 valence electrons. The molecular formula is C22H26Cl3N3O4S. The maximum absolute atomic E-state index is 13.2. The summed E-state index contributed by atoms with van der Waals surface area (Å²) in [4.78, 5) is 27.1. The van der Waals surface area contributed by atoms with Crippen LogP contribution >= 0.6 is 34.8 Å². The maximum Gasteiger partial charge on any atom is 0.243 e. The Balaban J connectivity index is 2.29. The molecular weight excluding hydrogens is 509 g/mol. The highest BCUT2D eigenvalue weighted by molar-refractivity contribution is 7.89. The van der Waals surface area contributed by atoms with E-state index in [2.05, 4.69) is 5.32 Å². The van der Waals surface area contributed by atoms with E-state index in [4.69, 9.17) is 34.8 Å². The maximum atomic E-state index is 13.2. The Hall–Kier alpha value is -1.84. The van der Waals surface area contributed by atoms with Crippen molar-refractivity contribution >= 4 is 56.6 Å². The third kappa shape index (κ3) is 7.32. The molecule has 2 amide bonds. The fourth-order valence-corrected chi connectivity index (χ4v) is 4.68. The Morgan fingerprint density at radius 1 is 1.03 bits per heavy atom. The van der Waals surface area contributed by atoms with E-state index in [9.17, 15) is 18.0 Å². The first-order valence-electron chi connectivity index (χ1n) is 10.2. The quantitative estimate of drug-likeness (QED) is 0.495. The average molecular weight is 535 g/mol. The number of carbonyl (C=O) groups excluding carboxylic acids is 2. The highest BCUT2D eigenvalue weighted by Gasteiger charge is 2.30. The first kappa shape index (κ1) is 27.4. The number of benzene rings is 2. The van der Waals surface area contributed by atoms with E-state index < -0.39 is 28.5 Å². The molecule has 0 saturated heterocycles. The first-order valence-corrected chi connectivity index (χ1v) is 12.8. The van der Waals surface area contributed by atoms with Crippen LogP contribution in [0.4, 0.5) is 0 Å². The Bertz CT molecular complexity index is 1090. The van der Waals surface area contributed by atoms with Gasteiger partial charge < -0.3 is 10.2 Å². The molecule has 0 aliphatic carbocycles. The topological polar surface area (TPSA) is 86.8 Å². The summed E-state index contributed by atoms with van der Waals surface area (Å²) in [6.45, 7) is 3.49. The minimum Gasteiger partial charge on any atom is -0.354 e. The van der Waals surface area contributed by atoms with Crippen molar-refractivity contribution in [2.75, 3.05) is 20.1 Å². The number of nitrogens with one attached hydrogen (secondary N) is 1. The minimum absolute atomic E-state index is 0.00299. The molecule has 2 aromatic rings. The number of nitrogens with zero attached hydrogens (tertiary/aromatic N) is 2. The van der Waals surface area contributed by atoms with Crippen molar-refractivity contribution in [3.05, 3.63) is 63.1 Å². The summed E-state index contributed by atoms with van der Waals surface area (Å²) in [5.74, 6) is -0.904. The minimum atomic E-state index is -3.95. The SMILES string of the molecule is CCCNC(=O)[C@@H](C)N(Cc1ccc(Cl)cc1Cl)C(=O)CN(C)S(=O)(=O)c1ccc(Cl)cc1. The van der Waals surface area contributed by atoms with Gasteiger partial charge in [0.05, 0.1) is 11.4 Å². The molecule has 2 rings (SSSR count). The Labute approximate surface area is 209 Å². The van der Waals surface area contributed by atoms with Crippen LogP contribution in [0.25, 0.3) is 0 Å². The molecule has 0 spiro atoms. The molecule has 11 heteroatoms. The van der Waals surface area contributed by atoms with Gasteiger partial charge in [0.1, 0.15) is 6.04 Å². The summed E-state index contributed by atoms with van der Waals surface area (Å²) in [6.07, 6.45) is 0.734. The van der Waals surface area contributed by atoms with Crippen LogP contribution in [0.2, 0.25) is 15.1 Å². The lowest BCUT2D eigenvalue weighted by atomic mass is 10.1. The van der Waals surface area contributed by atoms with Gasteiger partial charge in [0.2, 0.25) is 21.8 Å². The van der Waals surface area contributed by atoms with Crippen LogP contribution in [0.1, 0.15) is 25.8 Å². The van der Waals surface area contributed by atoms with Crippen LogP contribution in [0.3, 0.4) is 0 Å². The number of likely N-dealkylation sites (N-methyl/N-ethyl adjacent to an activating group) is 1. The molecule has 7 nitrogen and oxygen atoms in total. The molecule has 0 saturated carbocycles. The van der Waals surface area contributed by atoms with Gasteiger partial charge >= 0.3 is 0 Å².